The summed E-state index contributed by atoms with van der Waals surface area (Å²) in [6.45, 7) is 8.58. The van der Waals surface area contributed by atoms with Crippen molar-refractivity contribution in [3.8, 4) is 0 Å². The summed E-state index contributed by atoms with van der Waals surface area (Å²) < 4.78 is 1.06. The predicted molar refractivity (Wildman–Crippen MR) is 85.1 cm³/mol. The first kappa shape index (κ1) is 15.7. The molecule has 0 unspecified atom stereocenters. The summed E-state index contributed by atoms with van der Waals surface area (Å²) in [5.41, 5.74) is 2.46. The summed E-state index contributed by atoms with van der Waals surface area (Å²) >= 11 is 9.70. The van der Waals surface area contributed by atoms with Gasteiger partial charge in [-0.2, -0.15) is 0 Å². The standard InChI is InChI=1S/C15H21BrClN/c1-4-7-18-10-13(11(2)3)8-12-9-14(16)5-6-15(12)17/h5-6,8-9,11,18H,4,7,10H2,1-3H3/b13-8-. The number of rotatable bonds is 6. The molecule has 0 aliphatic rings. The maximum absolute atomic E-state index is 6.22. The van der Waals surface area contributed by atoms with Crippen LogP contribution in [0, 0.1) is 5.92 Å². The van der Waals surface area contributed by atoms with E-state index in [0.717, 1.165) is 34.6 Å². The van der Waals surface area contributed by atoms with Gasteiger partial charge in [0.1, 0.15) is 0 Å². The molecule has 3 heteroatoms. The minimum atomic E-state index is 0.518. The number of benzene rings is 1. The third kappa shape index (κ3) is 5.13. The Labute approximate surface area is 124 Å². The van der Waals surface area contributed by atoms with Crippen LogP contribution in [-0.4, -0.2) is 13.1 Å². The molecule has 0 heterocycles. The fraction of sp³-hybridized carbons (Fsp3) is 0.467. The Bertz CT molecular complexity index is 413. The first-order chi connectivity index (χ1) is 8.54. The lowest BCUT2D eigenvalue weighted by Crippen LogP contribution is -2.19. The molecule has 0 amide bonds. The molecule has 1 N–H and O–H groups in total. The van der Waals surface area contributed by atoms with Crippen LogP contribution in [0.3, 0.4) is 0 Å². The van der Waals surface area contributed by atoms with Crippen molar-refractivity contribution in [2.45, 2.75) is 27.2 Å². The number of hydrogen-bond acceptors (Lipinski definition) is 1. The van der Waals surface area contributed by atoms with Gasteiger partial charge in [0.15, 0.2) is 0 Å². The molecular formula is C15H21BrClN. The van der Waals surface area contributed by atoms with Gasteiger partial charge in [-0.15, -0.1) is 0 Å². The third-order valence-electron chi connectivity index (χ3n) is 2.80. The quantitative estimate of drug-likeness (QED) is 0.712. The molecule has 1 aromatic carbocycles. The summed E-state index contributed by atoms with van der Waals surface area (Å²) in [5.74, 6) is 0.518. The molecule has 0 atom stereocenters. The van der Waals surface area contributed by atoms with Gasteiger partial charge in [-0.1, -0.05) is 60.0 Å². The summed E-state index contributed by atoms with van der Waals surface area (Å²) in [4.78, 5) is 0. The first-order valence-electron chi connectivity index (χ1n) is 6.40. The van der Waals surface area contributed by atoms with E-state index in [2.05, 4.69) is 54.2 Å². The molecule has 1 aromatic rings. The van der Waals surface area contributed by atoms with Gasteiger partial charge in [0, 0.05) is 16.0 Å². The van der Waals surface area contributed by atoms with E-state index in [0.29, 0.717) is 5.92 Å². The second-order valence-corrected chi connectivity index (χ2v) is 6.04. The van der Waals surface area contributed by atoms with Crippen LogP contribution < -0.4 is 5.32 Å². The van der Waals surface area contributed by atoms with Crippen molar-refractivity contribution in [1.29, 1.82) is 0 Å². The molecule has 0 aromatic heterocycles. The van der Waals surface area contributed by atoms with Crippen LogP contribution in [-0.2, 0) is 0 Å². The Morgan fingerprint density at radius 2 is 2.17 bits per heavy atom. The van der Waals surface area contributed by atoms with Gasteiger partial charge in [0.05, 0.1) is 0 Å². The zero-order valence-electron chi connectivity index (χ0n) is 11.3. The Morgan fingerprint density at radius 3 is 2.78 bits per heavy atom. The Balaban J connectivity index is 2.89. The largest absolute Gasteiger partial charge is 0.313 e. The fourth-order valence-corrected chi connectivity index (χ4v) is 2.21. The highest BCUT2D eigenvalue weighted by Gasteiger charge is 2.05. The second-order valence-electron chi connectivity index (χ2n) is 4.72. The van der Waals surface area contributed by atoms with Crippen molar-refractivity contribution in [2.24, 2.45) is 5.92 Å². The average Bonchev–Trinajstić information content (AvgIpc) is 2.32. The molecule has 0 spiro atoms. The number of nitrogens with one attached hydrogen (secondary N) is 1. The van der Waals surface area contributed by atoms with Crippen molar-refractivity contribution in [2.75, 3.05) is 13.1 Å². The number of halogens is 2. The molecule has 1 rings (SSSR count). The van der Waals surface area contributed by atoms with Crippen molar-refractivity contribution >= 4 is 33.6 Å². The molecule has 0 saturated heterocycles. The second kappa shape index (κ2) is 7.98. The van der Waals surface area contributed by atoms with Crippen molar-refractivity contribution in [1.82, 2.24) is 5.32 Å². The Morgan fingerprint density at radius 1 is 1.44 bits per heavy atom. The van der Waals surface area contributed by atoms with Crippen molar-refractivity contribution in [3.05, 3.63) is 38.8 Å². The van der Waals surface area contributed by atoms with Gasteiger partial charge >= 0.3 is 0 Å². The van der Waals surface area contributed by atoms with Crippen molar-refractivity contribution < 1.29 is 0 Å². The van der Waals surface area contributed by atoms with Crippen LogP contribution in [0.5, 0.6) is 0 Å². The van der Waals surface area contributed by atoms with Gasteiger partial charge in [-0.25, -0.2) is 0 Å². The average molecular weight is 331 g/mol. The lowest BCUT2D eigenvalue weighted by Gasteiger charge is -2.13. The smallest absolute Gasteiger partial charge is 0.0479 e. The van der Waals surface area contributed by atoms with Crippen LogP contribution in [0.25, 0.3) is 6.08 Å². The van der Waals surface area contributed by atoms with E-state index in [4.69, 9.17) is 11.6 Å². The van der Waals surface area contributed by atoms with Crippen LogP contribution in [0.2, 0.25) is 5.02 Å². The van der Waals surface area contributed by atoms with E-state index in [1.165, 1.54) is 5.57 Å². The minimum absolute atomic E-state index is 0.518. The molecule has 0 radical (unpaired) electrons. The van der Waals surface area contributed by atoms with Gasteiger partial charge in [-0.05, 0) is 42.6 Å². The molecule has 0 bridgehead atoms. The first-order valence-corrected chi connectivity index (χ1v) is 7.58. The number of hydrogen-bond donors (Lipinski definition) is 1. The predicted octanol–water partition coefficient (Wildman–Crippen LogP) is 5.14. The maximum Gasteiger partial charge on any atom is 0.0479 e. The summed E-state index contributed by atoms with van der Waals surface area (Å²) in [7, 11) is 0. The van der Waals surface area contributed by atoms with Gasteiger partial charge in [-0.3, -0.25) is 0 Å². The maximum atomic E-state index is 6.22. The molecule has 0 aliphatic heterocycles. The zero-order valence-corrected chi connectivity index (χ0v) is 13.6. The van der Waals surface area contributed by atoms with Gasteiger partial charge in [0.2, 0.25) is 0 Å². The van der Waals surface area contributed by atoms with E-state index >= 15 is 0 Å². The summed E-state index contributed by atoms with van der Waals surface area (Å²) in [6, 6.07) is 5.95. The molecule has 1 nitrogen and oxygen atoms in total. The van der Waals surface area contributed by atoms with E-state index in [-0.39, 0.29) is 0 Å². The highest BCUT2D eigenvalue weighted by Crippen LogP contribution is 2.24. The van der Waals surface area contributed by atoms with Crippen LogP contribution in [0.15, 0.2) is 28.2 Å². The lowest BCUT2D eigenvalue weighted by atomic mass is 10.00. The molecule has 18 heavy (non-hydrogen) atoms. The van der Waals surface area contributed by atoms with E-state index in [1.54, 1.807) is 0 Å². The topological polar surface area (TPSA) is 12.0 Å². The van der Waals surface area contributed by atoms with E-state index in [1.807, 2.05) is 12.1 Å². The lowest BCUT2D eigenvalue weighted by molar-refractivity contribution is 0.657. The van der Waals surface area contributed by atoms with E-state index in [9.17, 15) is 0 Å². The Hall–Kier alpha value is -0.310. The normalized spacial score (nSPS) is 12.2. The molecule has 100 valence electrons. The minimum Gasteiger partial charge on any atom is -0.313 e. The molecular weight excluding hydrogens is 310 g/mol. The third-order valence-corrected chi connectivity index (χ3v) is 3.63. The zero-order chi connectivity index (χ0) is 13.5. The summed E-state index contributed by atoms with van der Waals surface area (Å²) in [5, 5.41) is 4.25. The van der Waals surface area contributed by atoms with Gasteiger partial charge < -0.3 is 5.32 Å². The molecule has 0 saturated carbocycles. The van der Waals surface area contributed by atoms with Crippen LogP contribution >= 0.6 is 27.5 Å². The van der Waals surface area contributed by atoms with Gasteiger partial charge in [0.25, 0.3) is 0 Å². The Kier molecular flexibility index (Phi) is 6.98. The fourth-order valence-electron chi connectivity index (χ4n) is 1.66. The summed E-state index contributed by atoms with van der Waals surface area (Å²) in [6.07, 6.45) is 3.35. The highest BCUT2D eigenvalue weighted by molar-refractivity contribution is 9.10. The van der Waals surface area contributed by atoms with Crippen molar-refractivity contribution in [3.63, 3.8) is 0 Å². The molecule has 0 aliphatic carbocycles. The highest BCUT2D eigenvalue weighted by atomic mass is 79.9. The van der Waals surface area contributed by atoms with E-state index < -0.39 is 0 Å². The molecule has 0 fully saturated rings. The van der Waals surface area contributed by atoms with Crippen LogP contribution in [0.1, 0.15) is 32.8 Å². The SMILES string of the molecule is CCCNC/C(=C/c1cc(Br)ccc1Cl)C(C)C. The van der Waals surface area contributed by atoms with Crippen LogP contribution in [0.4, 0.5) is 0 Å². The monoisotopic (exact) mass is 329 g/mol.